The Hall–Kier alpha value is -2.09. The van der Waals surface area contributed by atoms with Crippen molar-refractivity contribution in [3.8, 4) is 22.9 Å². The second-order valence-electron chi connectivity index (χ2n) is 4.93. The molecular weight excluding hydrogens is 300 g/mol. The maximum atomic E-state index is 10.0. The van der Waals surface area contributed by atoms with Gasteiger partial charge in [-0.1, -0.05) is 11.6 Å². The Kier molecular flexibility index (Phi) is 5.02. The molecule has 1 heterocycles. The first-order valence-electron chi connectivity index (χ1n) is 7.00. The number of rotatable bonds is 4. The van der Waals surface area contributed by atoms with Crippen LogP contribution in [0, 0.1) is 18.3 Å². The number of benzene rings is 1. The zero-order chi connectivity index (χ0) is 16.3. The van der Waals surface area contributed by atoms with E-state index < -0.39 is 6.10 Å². The van der Waals surface area contributed by atoms with Gasteiger partial charge in [0.1, 0.15) is 17.5 Å². The molecule has 1 aromatic heterocycles. The lowest BCUT2D eigenvalue weighted by molar-refractivity contribution is 0.192. The molecule has 5 heteroatoms. The number of hydrogen-bond acceptors (Lipinski definition) is 4. The van der Waals surface area contributed by atoms with Gasteiger partial charge >= 0.3 is 0 Å². The Labute approximate surface area is 135 Å². The molecule has 22 heavy (non-hydrogen) atoms. The zero-order valence-electron chi connectivity index (χ0n) is 12.7. The number of halogens is 1. The molecule has 0 aliphatic carbocycles. The molecule has 4 nitrogen and oxygen atoms in total. The summed E-state index contributed by atoms with van der Waals surface area (Å²) in [6, 6.07) is 7.24. The van der Waals surface area contributed by atoms with Crippen molar-refractivity contribution in [1.82, 2.24) is 4.98 Å². The van der Waals surface area contributed by atoms with Crippen LogP contribution in [0.3, 0.4) is 0 Å². The van der Waals surface area contributed by atoms with Crippen LogP contribution in [0.4, 0.5) is 0 Å². The van der Waals surface area contributed by atoms with Crippen LogP contribution in [0.15, 0.2) is 24.4 Å². The number of aromatic nitrogens is 1. The third-order valence-electron chi connectivity index (χ3n) is 3.41. The highest BCUT2D eigenvalue weighted by Gasteiger charge is 2.20. The van der Waals surface area contributed by atoms with E-state index in [2.05, 4.69) is 4.98 Å². The van der Waals surface area contributed by atoms with Crippen molar-refractivity contribution in [2.75, 3.05) is 6.61 Å². The molecule has 0 saturated heterocycles. The van der Waals surface area contributed by atoms with Gasteiger partial charge in [-0.2, -0.15) is 5.26 Å². The number of nitrogens with zero attached hydrogens (tertiary/aromatic N) is 2. The molecular formula is C17H17ClN2O2. The van der Waals surface area contributed by atoms with Crippen molar-refractivity contribution in [3.05, 3.63) is 46.2 Å². The molecule has 0 fully saturated rings. The van der Waals surface area contributed by atoms with Gasteiger partial charge in [0.2, 0.25) is 0 Å². The van der Waals surface area contributed by atoms with Crippen LogP contribution in [0.2, 0.25) is 5.02 Å². The summed E-state index contributed by atoms with van der Waals surface area (Å²) in [5.74, 6) is 0.592. The highest BCUT2D eigenvalue weighted by atomic mass is 35.5. The largest absolute Gasteiger partial charge is 0.493 e. The standard InChI is InChI=1S/C17H17ClN2O2/c1-4-22-17-14(11(3)21)8-15(18)10(2)16(17)12-5-6-20-13(7-12)9-19/h5-8,11,21H,4H2,1-3H3. The summed E-state index contributed by atoms with van der Waals surface area (Å²) in [5.41, 5.74) is 3.35. The SMILES string of the molecule is CCOc1c(C(C)O)cc(Cl)c(C)c1-c1ccnc(C#N)c1. The second kappa shape index (κ2) is 6.78. The molecule has 1 atom stereocenters. The molecule has 2 rings (SSSR count). The molecule has 0 amide bonds. The molecule has 0 radical (unpaired) electrons. The fraction of sp³-hybridized carbons (Fsp3) is 0.294. The third-order valence-corrected chi connectivity index (χ3v) is 3.80. The lowest BCUT2D eigenvalue weighted by Gasteiger charge is -2.20. The fourth-order valence-electron chi connectivity index (χ4n) is 2.35. The fourth-order valence-corrected chi connectivity index (χ4v) is 2.56. The van der Waals surface area contributed by atoms with Crippen LogP contribution in [0.1, 0.15) is 36.8 Å². The van der Waals surface area contributed by atoms with E-state index in [-0.39, 0.29) is 0 Å². The number of hydrogen-bond donors (Lipinski definition) is 1. The summed E-state index contributed by atoms with van der Waals surface area (Å²) in [6.07, 6.45) is 0.863. The average molecular weight is 317 g/mol. The zero-order valence-corrected chi connectivity index (χ0v) is 13.5. The first-order valence-corrected chi connectivity index (χ1v) is 7.37. The lowest BCUT2D eigenvalue weighted by Crippen LogP contribution is -2.04. The van der Waals surface area contributed by atoms with Crippen molar-refractivity contribution >= 4 is 11.6 Å². The van der Waals surface area contributed by atoms with Crippen molar-refractivity contribution in [3.63, 3.8) is 0 Å². The van der Waals surface area contributed by atoms with Crippen LogP contribution in [0.5, 0.6) is 5.75 Å². The average Bonchev–Trinajstić information content (AvgIpc) is 2.51. The molecule has 2 aromatic rings. The van der Waals surface area contributed by atoms with Gasteiger partial charge in [-0.25, -0.2) is 4.98 Å². The van der Waals surface area contributed by atoms with E-state index in [1.54, 1.807) is 31.3 Å². The van der Waals surface area contributed by atoms with E-state index in [1.807, 2.05) is 19.9 Å². The topological polar surface area (TPSA) is 66.1 Å². The summed E-state index contributed by atoms with van der Waals surface area (Å²) < 4.78 is 5.77. The Morgan fingerprint density at radius 1 is 1.45 bits per heavy atom. The Morgan fingerprint density at radius 2 is 2.18 bits per heavy atom. The number of pyridine rings is 1. The first kappa shape index (κ1) is 16.3. The van der Waals surface area contributed by atoms with Crippen LogP contribution >= 0.6 is 11.6 Å². The number of nitriles is 1. The van der Waals surface area contributed by atoms with Gasteiger partial charge in [0.05, 0.1) is 12.7 Å². The number of aliphatic hydroxyl groups excluding tert-OH is 1. The Morgan fingerprint density at radius 3 is 2.77 bits per heavy atom. The minimum Gasteiger partial charge on any atom is -0.493 e. The van der Waals surface area contributed by atoms with E-state index in [0.29, 0.717) is 28.6 Å². The molecule has 0 aliphatic heterocycles. The lowest BCUT2D eigenvalue weighted by atomic mass is 9.94. The van der Waals surface area contributed by atoms with Gasteiger partial charge < -0.3 is 9.84 Å². The van der Waals surface area contributed by atoms with Gasteiger partial charge in [0, 0.05) is 22.3 Å². The highest BCUT2D eigenvalue weighted by molar-refractivity contribution is 6.32. The molecule has 0 saturated carbocycles. The molecule has 114 valence electrons. The van der Waals surface area contributed by atoms with Crippen LogP contribution in [0.25, 0.3) is 11.1 Å². The van der Waals surface area contributed by atoms with E-state index in [9.17, 15) is 5.11 Å². The quantitative estimate of drug-likeness (QED) is 0.924. The Bertz CT molecular complexity index is 736. The van der Waals surface area contributed by atoms with E-state index >= 15 is 0 Å². The number of ether oxygens (including phenoxy) is 1. The molecule has 1 unspecified atom stereocenters. The monoisotopic (exact) mass is 316 g/mol. The summed E-state index contributed by atoms with van der Waals surface area (Å²) in [7, 11) is 0. The summed E-state index contributed by atoms with van der Waals surface area (Å²) in [4.78, 5) is 3.98. The van der Waals surface area contributed by atoms with Gasteiger partial charge in [-0.15, -0.1) is 0 Å². The molecule has 1 aromatic carbocycles. The minimum absolute atomic E-state index is 0.318. The maximum absolute atomic E-state index is 10.0. The smallest absolute Gasteiger partial charge is 0.141 e. The maximum Gasteiger partial charge on any atom is 0.141 e. The van der Waals surface area contributed by atoms with Gasteiger partial charge in [-0.05, 0) is 50.1 Å². The van der Waals surface area contributed by atoms with E-state index in [1.165, 1.54) is 0 Å². The molecule has 0 spiro atoms. The van der Waals surface area contributed by atoms with Gasteiger partial charge in [0.15, 0.2) is 0 Å². The highest BCUT2D eigenvalue weighted by Crippen LogP contribution is 2.42. The first-order chi connectivity index (χ1) is 10.5. The minimum atomic E-state index is -0.712. The predicted molar refractivity (Wildman–Crippen MR) is 85.9 cm³/mol. The van der Waals surface area contributed by atoms with Crippen molar-refractivity contribution in [2.24, 2.45) is 0 Å². The summed E-state index contributed by atoms with van der Waals surface area (Å²) in [6.45, 7) is 5.90. The van der Waals surface area contributed by atoms with Crippen molar-refractivity contribution in [2.45, 2.75) is 26.9 Å². The molecule has 0 bridgehead atoms. The summed E-state index contributed by atoms with van der Waals surface area (Å²) in [5, 5.41) is 19.6. The Balaban J connectivity index is 2.79. The molecule has 1 N–H and O–H groups in total. The third kappa shape index (κ3) is 3.06. The van der Waals surface area contributed by atoms with Crippen molar-refractivity contribution < 1.29 is 9.84 Å². The normalized spacial score (nSPS) is 11.8. The van der Waals surface area contributed by atoms with Crippen LogP contribution in [-0.4, -0.2) is 16.7 Å². The second-order valence-corrected chi connectivity index (χ2v) is 5.33. The van der Waals surface area contributed by atoms with Crippen LogP contribution < -0.4 is 4.74 Å². The van der Waals surface area contributed by atoms with Gasteiger partial charge in [0.25, 0.3) is 0 Å². The number of aliphatic hydroxyl groups is 1. The molecule has 0 aliphatic rings. The van der Waals surface area contributed by atoms with Gasteiger partial charge in [-0.3, -0.25) is 0 Å². The van der Waals surface area contributed by atoms with E-state index in [0.717, 1.165) is 16.7 Å². The predicted octanol–water partition coefficient (Wildman–Crippen LogP) is 4.03. The summed E-state index contributed by atoms with van der Waals surface area (Å²) >= 11 is 6.31. The van der Waals surface area contributed by atoms with Crippen LogP contribution in [-0.2, 0) is 0 Å². The van der Waals surface area contributed by atoms with Crippen molar-refractivity contribution in [1.29, 1.82) is 5.26 Å². The van der Waals surface area contributed by atoms with E-state index in [4.69, 9.17) is 21.6 Å².